The number of carbonyl (C=O) groups excluding carboxylic acids is 2. The van der Waals surface area contributed by atoms with E-state index in [0.29, 0.717) is 6.54 Å². The molecular formula is C8H11N3O3S. The fourth-order valence-corrected chi connectivity index (χ4v) is 1.47. The van der Waals surface area contributed by atoms with Gasteiger partial charge in [0, 0.05) is 13.6 Å². The second-order valence-electron chi connectivity index (χ2n) is 2.83. The van der Waals surface area contributed by atoms with E-state index in [0.717, 1.165) is 21.6 Å². The molecule has 0 unspecified atom stereocenters. The van der Waals surface area contributed by atoms with Crippen molar-refractivity contribution < 1.29 is 14.7 Å². The molecule has 0 aromatic rings. The number of rotatable bonds is 2. The maximum atomic E-state index is 11.7. The van der Waals surface area contributed by atoms with Crippen LogP contribution in [0.5, 0.6) is 0 Å². The number of hydrogen-bond acceptors (Lipinski definition) is 4. The van der Waals surface area contributed by atoms with Gasteiger partial charge in [0.25, 0.3) is 0 Å². The molecule has 4 amide bonds. The van der Waals surface area contributed by atoms with Gasteiger partial charge in [-0.05, 0) is 6.92 Å². The predicted octanol–water partition coefficient (Wildman–Crippen LogP) is 1.11. The van der Waals surface area contributed by atoms with Crippen LogP contribution in [-0.2, 0) is 0 Å². The van der Waals surface area contributed by atoms with Crippen molar-refractivity contribution in [3.63, 3.8) is 0 Å². The van der Waals surface area contributed by atoms with Crippen molar-refractivity contribution in [2.75, 3.05) is 13.6 Å². The molecule has 1 fully saturated rings. The fraction of sp³-hybridized carbons (Fsp3) is 0.375. The number of aliphatic hydroxyl groups excluding tert-OH is 1. The van der Waals surface area contributed by atoms with Gasteiger partial charge in [-0.25, -0.2) is 14.5 Å². The number of nitrogens with zero attached hydrogens (tertiary/aromatic N) is 3. The number of thiocarbonyl (C=S) groups is 1. The molecule has 1 saturated heterocycles. The van der Waals surface area contributed by atoms with E-state index in [4.69, 9.17) is 5.11 Å². The molecular weight excluding hydrogens is 218 g/mol. The van der Waals surface area contributed by atoms with Gasteiger partial charge in [0.15, 0.2) is 5.82 Å². The van der Waals surface area contributed by atoms with Crippen LogP contribution in [0.1, 0.15) is 6.92 Å². The molecule has 82 valence electrons. The first-order valence-corrected chi connectivity index (χ1v) is 4.73. The van der Waals surface area contributed by atoms with Gasteiger partial charge in [-0.15, -0.1) is 0 Å². The maximum absolute atomic E-state index is 11.7. The Bertz CT molecular complexity index is 342. The molecule has 1 aliphatic rings. The van der Waals surface area contributed by atoms with Gasteiger partial charge in [-0.2, -0.15) is 0 Å². The Hall–Kier alpha value is -1.63. The molecule has 15 heavy (non-hydrogen) atoms. The molecule has 0 aromatic heterocycles. The lowest BCUT2D eigenvalue weighted by Gasteiger charge is -2.38. The highest BCUT2D eigenvalue weighted by Gasteiger charge is 2.37. The van der Waals surface area contributed by atoms with Crippen molar-refractivity contribution in [1.29, 1.82) is 0 Å². The summed E-state index contributed by atoms with van der Waals surface area (Å²) >= 11 is 4.58. The fourth-order valence-electron chi connectivity index (χ4n) is 1.29. The van der Waals surface area contributed by atoms with E-state index in [-0.39, 0.29) is 5.82 Å². The molecule has 0 atom stereocenters. The zero-order valence-electron chi connectivity index (χ0n) is 8.38. The third-order valence-electron chi connectivity index (χ3n) is 2.09. The zero-order valence-corrected chi connectivity index (χ0v) is 9.19. The van der Waals surface area contributed by atoms with Gasteiger partial charge in [0.1, 0.15) is 6.26 Å². The first kappa shape index (κ1) is 11.4. The van der Waals surface area contributed by atoms with E-state index in [1.807, 2.05) is 0 Å². The summed E-state index contributed by atoms with van der Waals surface area (Å²) in [6.07, 6.45) is 0.722. The van der Waals surface area contributed by atoms with Crippen molar-refractivity contribution >= 4 is 29.8 Å². The molecule has 1 aliphatic heterocycles. The highest BCUT2D eigenvalue weighted by Crippen LogP contribution is 2.19. The largest absolute Gasteiger partial charge is 0.512 e. The van der Waals surface area contributed by atoms with Crippen LogP contribution in [0.15, 0.2) is 12.1 Å². The summed E-state index contributed by atoms with van der Waals surface area (Å²) in [6.45, 7) is 2.06. The highest BCUT2D eigenvalue weighted by atomic mass is 32.1. The zero-order chi connectivity index (χ0) is 11.6. The SMILES string of the molecule is CCN1C(=O)N(C=S)C(=O)N(C)/C1=C/O. The average molecular weight is 229 g/mol. The number of aliphatic hydroxyl groups is 1. The van der Waals surface area contributed by atoms with Crippen LogP contribution in [0.25, 0.3) is 0 Å². The van der Waals surface area contributed by atoms with Gasteiger partial charge < -0.3 is 5.11 Å². The number of carbonyl (C=O) groups is 2. The smallest absolute Gasteiger partial charge is 0.338 e. The Morgan fingerprint density at radius 2 is 2.00 bits per heavy atom. The number of hydrogen-bond donors (Lipinski definition) is 1. The van der Waals surface area contributed by atoms with Crippen LogP contribution in [0.4, 0.5) is 9.59 Å². The lowest BCUT2D eigenvalue weighted by molar-refractivity contribution is 0.137. The van der Waals surface area contributed by atoms with Crippen LogP contribution in [0.3, 0.4) is 0 Å². The minimum atomic E-state index is -0.583. The molecule has 0 saturated carbocycles. The standard InChI is InChI=1S/C8H11N3O3S/c1-3-10-6(4-12)9(2)7(13)11(5-15)8(10)14/h4-5,12H,3H2,1-2H3/b6-4-. The Morgan fingerprint density at radius 1 is 1.40 bits per heavy atom. The van der Waals surface area contributed by atoms with Crippen LogP contribution in [-0.4, -0.2) is 51.0 Å². The normalized spacial score (nSPS) is 20.1. The van der Waals surface area contributed by atoms with Gasteiger partial charge in [0.2, 0.25) is 0 Å². The lowest BCUT2D eigenvalue weighted by Crippen LogP contribution is -2.57. The summed E-state index contributed by atoms with van der Waals surface area (Å²) in [7, 11) is 1.45. The molecule has 0 radical (unpaired) electrons. The summed E-state index contributed by atoms with van der Waals surface area (Å²) in [5, 5.41) is 8.95. The Labute approximate surface area is 92.4 Å². The topological polar surface area (TPSA) is 64.1 Å². The first-order valence-electron chi connectivity index (χ1n) is 4.26. The molecule has 0 aliphatic carbocycles. The predicted molar refractivity (Wildman–Crippen MR) is 57.1 cm³/mol. The quantitative estimate of drug-likeness (QED) is 0.569. The highest BCUT2D eigenvalue weighted by molar-refractivity contribution is 7.78. The third-order valence-corrected chi connectivity index (χ3v) is 2.30. The molecule has 0 bridgehead atoms. The van der Waals surface area contributed by atoms with E-state index in [1.54, 1.807) is 6.92 Å². The van der Waals surface area contributed by atoms with Gasteiger partial charge in [0.05, 0.1) is 5.49 Å². The number of amides is 4. The minimum absolute atomic E-state index is 0.139. The van der Waals surface area contributed by atoms with E-state index >= 15 is 0 Å². The molecule has 1 N–H and O–H groups in total. The van der Waals surface area contributed by atoms with Crippen molar-refractivity contribution in [2.45, 2.75) is 6.92 Å². The Balaban J connectivity index is 3.15. The third kappa shape index (κ3) is 1.65. The number of urea groups is 2. The molecule has 0 spiro atoms. The van der Waals surface area contributed by atoms with Gasteiger partial charge >= 0.3 is 12.1 Å². The summed E-state index contributed by atoms with van der Waals surface area (Å²) in [5.74, 6) is 0.139. The monoisotopic (exact) mass is 229 g/mol. The van der Waals surface area contributed by atoms with Crippen molar-refractivity contribution in [2.24, 2.45) is 0 Å². The van der Waals surface area contributed by atoms with E-state index < -0.39 is 12.1 Å². The molecule has 1 rings (SSSR count). The maximum Gasteiger partial charge on any atom is 0.338 e. The first-order chi connectivity index (χ1) is 7.08. The molecule has 0 aromatic carbocycles. The van der Waals surface area contributed by atoms with Crippen LogP contribution < -0.4 is 0 Å². The Kier molecular flexibility index (Phi) is 3.25. The van der Waals surface area contributed by atoms with Crippen LogP contribution >= 0.6 is 12.2 Å². The lowest BCUT2D eigenvalue weighted by atomic mass is 10.4. The summed E-state index contributed by atoms with van der Waals surface area (Å²) in [6, 6.07) is -1.14. The molecule has 7 heteroatoms. The van der Waals surface area contributed by atoms with Crippen LogP contribution in [0, 0.1) is 0 Å². The van der Waals surface area contributed by atoms with Crippen molar-refractivity contribution in [3.8, 4) is 0 Å². The van der Waals surface area contributed by atoms with E-state index in [2.05, 4.69) is 12.2 Å². The van der Waals surface area contributed by atoms with E-state index in [9.17, 15) is 9.59 Å². The van der Waals surface area contributed by atoms with Crippen molar-refractivity contribution in [1.82, 2.24) is 14.7 Å². The second-order valence-corrected chi connectivity index (χ2v) is 3.04. The van der Waals surface area contributed by atoms with Crippen molar-refractivity contribution in [3.05, 3.63) is 12.1 Å². The summed E-state index contributed by atoms with van der Waals surface area (Å²) < 4.78 is 0. The van der Waals surface area contributed by atoms with Gasteiger partial charge in [-0.1, -0.05) is 12.2 Å². The number of imide groups is 1. The molecule has 1 heterocycles. The Morgan fingerprint density at radius 3 is 2.40 bits per heavy atom. The average Bonchev–Trinajstić information content (AvgIpc) is 2.23. The van der Waals surface area contributed by atoms with Crippen LogP contribution in [0.2, 0.25) is 0 Å². The van der Waals surface area contributed by atoms with E-state index in [1.165, 1.54) is 11.9 Å². The molecule has 6 nitrogen and oxygen atoms in total. The second kappa shape index (κ2) is 4.26. The summed E-state index contributed by atoms with van der Waals surface area (Å²) in [4.78, 5) is 26.4. The van der Waals surface area contributed by atoms with Gasteiger partial charge in [-0.3, -0.25) is 9.80 Å². The summed E-state index contributed by atoms with van der Waals surface area (Å²) in [5.41, 5.74) is 0.984. The minimum Gasteiger partial charge on any atom is -0.512 e.